The van der Waals surface area contributed by atoms with Gasteiger partial charge in [-0.15, -0.1) is 0 Å². The second kappa shape index (κ2) is 7.50. The Morgan fingerprint density at radius 2 is 1.89 bits per heavy atom. The number of aromatic nitrogens is 1. The van der Waals surface area contributed by atoms with Crippen molar-refractivity contribution in [3.8, 4) is 5.75 Å². The van der Waals surface area contributed by atoms with E-state index in [-0.39, 0.29) is 6.42 Å². The summed E-state index contributed by atoms with van der Waals surface area (Å²) in [5, 5.41) is 9.92. The molecule has 1 aliphatic heterocycles. The van der Waals surface area contributed by atoms with Crippen LogP contribution < -0.4 is 9.64 Å². The lowest BCUT2D eigenvalue weighted by Gasteiger charge is -2.18. The Hall–Kier alpha value is -3.34. The van der Waals surface area contributed by atoms with Gasteiger partial charge in [0.1, 0.15) is 0 Å². The maximum Gasteiger partial charge on any atom is 0.303 e. The van der Waals surface area contributed by atoms with Crippen LogP contribution in [0.3, 0.4) is 0 Å². The van der Waals surface area contributed by atoms with E-state index in [4.69, 9.17) is 9.84 Å². The Morgan fingerprint density at radius 1 is 1.07 bits per heavy atom. The van der Waals surface area contributed by atoms with Gasteiger partial charge in [-0.05, 0) is 42.7 Å². The van der Waals surface area contributed by atoms with Crippen molar-refractivity contribution in [3.05, 3.63) is 72.2 Å². The monoisotopic (exact) mass is 360 g/mol. The van der Waals surface area contributed by atoms with Crippen LogP contribution in [-0.2, 0) is 4.79 Å². The number of nitrogens with zero attached hydrogens (tertiary/aromatic N) is 2. The van der Waals surface area contributed by atoms with Gasteiger partial charge in [0, 0.05) is 30.6 Å². The van der Waals surface area contributed by atoms with Crippen LogP contribution >= 0.6 is 0 Å². The fourth-order valence-corrected chi connectivity index (χ4v) is 3.31. The fraction of sp³-hybridized carbons (Fsp3) is 0.182. The fourth-order valence-electron chi connectivity index (χ4n) is 3.31. The number of pyridine rings is 1. The average molecular weight is 360 g/mol. The number of rotatable bonds is 6. The molecule has 1 aliphatic rings. The van der Waals surface area contributed by atoms with Crippen molar-refractivity contribution >= 4 is 28.6 Å². The van der Waals surface area contributed by atoms with Crippen LogP contribution in [0, 0.1) is 0 Å². The van der Waals surface area contributed by atoms with E-state index in [0.717, 1.165) is 40.2 Å². The highest BCUT2D eigenvalue weighted by Gasteiger charge is 2.25. The lowest BCUT2D eigenvalue weighted by Crippen LogP contribution is -2.21. The van der Waals surface area contributed by atoms with Crippen LogP contribution in [0.5, 0.6) is 5.75 Å². The predicted octanol–water partition coefficient (Wildman–Crippen LogP) is 4.69. The number of ether oxygens (including phenoxy) is 1. The number of aliphatic carboxylic acids is 1. The molecule has 0 aliphatic carbocycles. The highest BCUT2D eigenvalue weighted by molar-refractivity contribution is 5.88. The van der Waals surface area contributed by atoms with E-state index < -0.39 is 5.97 Å². The number of para-hydroxylation sites is 3. The molecule has 0 saturated heterocycles. The third kappa shape index (κ3) is 3.62. The van der Waals surface area contributed by atoms with Gasteiger partial charge in [0.15, 0.2) is 5.75 Å². The second-order valence-electron chi connectivity index (χ2n) is 6.47. The van der Waals surface area contributed by atoms with Crippen LogP contribution in [0.25, 0.3) is 17.0 Å². The molecule has 136 valence electrons. The zero-order valence-electron chi connectivity index (χ0n) is 14.8. The third-order valence-corrected chi connectivity index (χ3v) is 4.62. The number of hydrogen-bond donors (Lipinski definition) is 1. The summed E-state index contributed by atoms with van der Waals surface area (Å²) in [5.41, 5.74) is 2.99. The summed E-state index contributed by atoms with van der Waals surface area (Å²) in [6.07, 6.45) is 5.43. The highest BCUT2D eigenvalue weighted by Crippen LogP contribution is 2.39. The van der Waals surface area contributed by atoms with E-state index in [1.165, 1.54) is 0 Å². The highest BCUT2D eigenvalue weighted by atomic mass is 16.5. The first-order chi connectivity index (χ1) is 13.2. The maximum atomic E-state index is 10.8. The van der Waals surface area contributed by atoms with Crippen LogP contribution in [0.1, 0.15) is 24.8 Å². The molecule has 0 fully saturated rings. The molecule has 5 nitrogen and oxygen atoms in total. The Bertz CT molecular complexity index is 1010. The Balaban J connectivity index is 1.65. The first-order valence-electron chi connectivity index (χ1n) is 9.04. The molecule has 0 amide bonds. The van der Waals surface area contributed by atoms with Gasteiger partial charge in [-0.3, -0.25) is 9.78 Å². The van der Waals surface area contributed by atoms with Gasteiger partial charge in [0.05, 0.1) is 11.2 Å². The molecule has 3 aromatic rings. The summed E-state index contributed by atoms with van der Waals surface area (Å²) >= 11 is 0. The summed E-state index contributed by atoms with van der Waals surface area (Å²) in [6, 6.07) is 17.9. The summed E-state index contributed by atoms with van der Waals surface area (Å²) in [5.74, 6) is 0.815. The minimum Gasteiger partial charge on any atom is -0.481 e. The van der Waals surface area contributed by atoms with E-state index >= 15 is 0 Å². The summed E-state index contributed by atoms with van der Waals surface area (Å²) in [7, 11) is 0. The van der Waals surface area contributed by atoms with Crippen LogP contribution in [0.4, 0.5) is 5.69 Å². The first kappa shape index (κ1) is 17.1. The summed E-state index contributed by atoms with van der Waals surface area (Å²) in [6.45, 7) is 0.707. The molecule has 4 rings (SSSR count). The lowest BCUT2D eigenvalue weighted by atomic mass is 10.1. The summed E-state index contributed by atoms with van der Waals surface area (Å²) in [4.78, 5) is 17.3. The first-order valence-corrected chi connectivity index (χ1v) is 9.04. The molecule has 0 atom stereocenters. The van der Waals surface area contributed by atoms with Crippen LogP contribution in [-0.4, -0.2) is 22.6 Å². The minimum absolute atomic E-state index is 0.185. The van der Waals surface area contributed by atoms with Crippen LogP contribution in [0.2, 0.25) is 0 Å². The predicted molar refractivity (Wildman–Crippen MR) is 106 cm³/mol. The van der Waals surface area contributed by atoms with Gasteiger partial charge in [-0.1, -0.05) is 30.3 Å². The Kier molecular flexibility index (Phi) is 4.75. The Labute approximate surface area is 157 Å². The van der Waals surface area contributed by atoms with Gasteiger partial charge in [0.2, 0.25) is 5.88 Å². The molecule has 5 heteroatoms. The molecular weight excluding hydrogens is 340 g/mol. The number of anilines is 1. The number of carboxylic acids is 1. The Morgan fingerprint density at radius 3 is 2.78 bits per heavy atom. The molecule has 0 spiro atoms. The number of carbonyl (C=O) groups is 1. The molecule has 0 saturated carbocycles. The number of hydrogen-bond acceptors (Lipinski definition) is 4. The SMILES string of the molecule is O=C(O)CCCCN1C(=Cc2ccnc3ccccc23)Oc2ccccc21. The largest absolute Gasteiger partial charge is 0.481 e. The van der Waals surface area contributed by atoms with Gasteiger partial charge in [-0.25, -0.2) is 0 Å². The molecule has 1 N–H and O–H groups in total. The van der Waals surface area contributed by atoms with Gasteiger partial charge in [0.25, 0.3) is 0 Å². The molecule has 27 heavy (non-hydrogen) atoms. The van der Waals surface area contributed by atoms with Crippen molar-refractivity contribution in [1.29, 1.82) is 0 Å². The number of benzene rings is 2. The molecule has 0 unspecified atom stereocenters. The normalized spacial score (nSPS) is 14.4. The lowest BCUT2D eigenvalue weighted by molar-refractivity contribution is -0.137. The second-order valence-corrected chi connectivity index (χ2v) is 6.47. The quantitative estimate of drug-likeness (QED) is 0.646. The molecule has 2 aromatic carbocycles. The van der Waals surface area contributed by atoms with Crippen molar-refractivity contribution in [3.63, 3.8) is 0 Å². The zero-order valence-corrected chi connectivity index (χ0v) is 14.8. The van der Waals surface area contributed by atoms with Gasteiger partial charge < -0.3 is 14.7 Å². The van der Waals surface area contributed by atoms with Crippen molar-refractivity contribution in [2.24, 2.45) is 0 Å². The van der Waals surface area contributed by atoms with Crippen LogP contribution in [0.15, 0.2) is 66.7 Å². The standard InChI is InChI=1S/C22H20N2O3/c25-22(26)11-5-6-14-24-19-9-3-4-10-20(19)27-21(24)15-16-12-13-23-18-8-2-1-7-17(16)18/h1-4,7-10,12-13,15H,5-6,11,14H2,(H,25,26). The average Bonchev–Trinajstić information content (AvgIpc) is 3.02. The smallest absolute Gasteiger partial charge is 0.303 e. The number of fused-ring (bicyclic) bond motifs is 2. The van der Waals surface area contributed by atoms with Gasteiger partial charge >= 0.3 is 5.97 Å². The minimum atomic E-state index is -0.757. The molecule has 2 heterocycles. The van der Waals surface area contributed by atoms with Crippen molar-refractivity contribution in [1.82, 2.24) is 4.98 Å². The van der Waals surface area contributed by atoms with E-state index in [0.29, 0.717) is 13.0 Å². The molecular formula is C22H20N2O3. The number of carboxylic acid groups (broad SMARTS) is 1. The molecule has 0 radical (unpaired) electrons. The molecule has 0 bridgehead atoms. The van der Waals surface area contributed by atoms with E-state index in [2.05, 4.69) is 9.88 Å². The van der Waals surface area contributed by atoms with E-state index in [1.54, 1.807) is 6.20 Å². The van der Waals surface area contributed by atoms with E-state index in [9.17, 15) is 4.79 Å². The topological polar surface area (TPSA) is 62.7 Å². The third-order valence-electron chi connectivity index (χ3n) is 4.62. The zero-order chi connectivity index (χ0) is 18.6. The molecule has 1 aromatic heterocycles. The number of unbranched alkanes of at least 4 members (excludes halogenated alkanes) is 1. The van der Waals surface area contributed by atoms with E-state index in [1.807, 2.05) is 60.7 Å². The van der Waals surface area contributed by atoms with Gasteiger partial charge in [-0.2, -0.15) is 0 Å². The maximum absolute atomic E-state index is 10.8. The summed E-state index contributed by atoms with van der Waals surface area (Å²) < 4.78 is 6.10. The van der Waals surface area contributed by atoms with Crippen molar-refractivity contribution < 1.29 is 14.6 Å². The van der Waals surface area contributed by atoms with Crippen molar-refractivity contribution in [2.75, 3.05) is 11.4 Å². The van der Waals surface area contributed by atoms with Crippen molar-refractivity contribution in [2.45, 2.75) is 19.3 Å².